The molecule has 0 radical (unpaired) electrons. The average Bonchev–Trinajstić information content (AvgIpc) is 2.23. The molecule has 15 heavy (non-hydrogen) atoms. The molecule has 1 atom stereocenters. The van der Waals surface area contributed by atoms with Crippen molar-refractivity contribution >= 4 is 17.7 Å². The van der Waals surface area contributed by atoms with Crippen LogP contribution < -0.4 is 5.32 Å². The van der Waals surface area contributed by atoms with E-state index in [0.717, 1.165) is 17.1 Å². The zero-order chi connectivity index (χ0) is 11.3. The summed E-state index contributed by atoms with van der Waals surface area (Å²) >= 11 is 1.57. The lowest BCUT2D eigenvalue weighted by molar-refractivity contribution is 0.300. The second-order valence-corrected chi connectivity index (χ2v) is 4.75. The monoisotopic (exact) mass is 227 g/mol. The molecule has 0 aromatic carbocycles. The number of aromatic nitrogens is 2. The summed E-state index contributed by atoms with van der Waals surface area (Å²) in [6, 6.07) is 0. The molecule has 0 aliphatic rings. The van der Waals surface area contributed by atoms with Crippen LogP contribution in [0.2, 0.25) is 0 Å². The van der Waals surface area contributed by atoms with Gasteiger partial charge < -0.3 is 10.4 Å². The first-order valence-electron chi connectivity index (χ1n) is 5.02. The summed E-state index contributed by atoms with van der Waals surface area (Å²) in [5, 5.41) is 13.1. The van der Waals surface area contributed by atoms with Gasteiger partial charge in [0, 0.05) is 18.0 Å². The summed E-state index contributed by atoms with van der Waals surface area (Å²) < 4.78 is 0. The zero-order valence-corrected chi connectivity index (χ0v) is 10.1. The van der Waals surface area contributed by atoms with Crippen LogP contribution in [0.15, 0.2) is 11.2 Å². The van der Waals surface area contributed by atoms with Crippen molar-refractivity contribution in [1.82, 2.24) is 9.97 Å². The van der Waals surface area contributed by atoms with Gasteiger partial charge in [-0.05, 0) is 19.4 Å². The molecule has 1 unspecified atom stereocenters. The van der Waals surface area contributed by atoms with Crippen molar-refractivity contribution in [3.8, 4) is 0 Å². The van der Waals surface area contributed by atoms with Gasteiger partial charge in [-0.3, -0.25) is 0 Å². The highest BCUT2D eigenvalue weighted by molar-refractivity contribution is 7.99. The lowest BCUT2D eigenvalue weighted by atomic mass is 10.4. The predicted molar refractivity (Wildman–Crippen MR) is 63.3 cm³/mol. The van der Waals surface area contributed by atoms with Crippen LogP contribution in [0.1, 0.15) is 19.4 Å². The smallest absolute Gasteiger partial charge is 0.223 e. The van der Waals surface area contributed by atoms with Crippen LogP contribution in [0.5, 0.6) is 0 Å². The average molecular weight is 227 g/mol. The van der Waals surface area contributed by atoms with E-state index < -0.39 is 0 Å². The third kappa shape index (κ3) is 3.68. The number of aryl methyl sites for hydroxylation is 1. The standard InChI is InChI=1S/C10H17N3OS/c1-4-11-10-12-5-7(2)9(13-10)15-8(3)6-14/h5,8,14H,4,6H2,1-3H3,(H,11,12,13). The Kier molecular flexibility index (Phi) is 4.84. The van der Waals surface area contributed by atoms with Gasteiger partial charge in [-0.2, -0.15) is 0 Å². The number of anilines is 1. The Labute approximate surface area is 94.5 Å². The van der Waals surface area contributed by atoms with E-state index in [4.69, 9.17) is 5.11 Å². The van der Waals surface area contributed by atoms with Crippen LogP contribution in [-0.2, 0) is 0 Å². The maximum Gasteiger partial charge on any atom is 0.223 e. The molecular formula is C10H17N3OS. The van der Waals surface area contributed by atoms with Gasteiger partial charge in [0.05, 0.1) is 6.61 Å². The fourth-order valence-electron chi connectivity index (χ4n) is 1.02. The molecule has 5 heteroatoms. The molecule has 1 rings (SSSR count). The topological polar surface area (TPSA) is 58.0 Å². The number of thioether (sulfide) groups is 1. The molecule has 0 fully saturated rings. The summed E-state index contributed by atoms with van der Waals surface area (Å²) in [5.41, 5.74) is 1.04. The van der Waals surface area contributed by atoms with Crippen molar-refractivity contribution in [3.63, 3.8) is 0 Å². The maximum atomic E-state index is 8.98. The molecule has 1 heterocycles. The van der Waals surface area contributed by atoms with E-state index in [-0.39, 0.29) is 11.9 Å². The van der Waals surface area contributed by atoms with Crippen LogP contribution in [0.25, 0.3) is 0 Å². The molecule has 84 valence electrons. The van der Waals surface area contributed by atoms with Gasteiger partial charge >= 0.3 is 0 Å². The first kappa shape index (κ1) is 12.3. The van der Waals surface area contributed by atoms with E-state index in [1.54, 1.807) is 18.0 Å². The SMILES string of the molecule is CCNc1ncc(C)c(SC(C)CO)n1. The number of aliphatic hydroxyl groups is 1. The molecule has 0 saturated heterocycles. The lowest BCUT2D eigenvalue weighted by Gasteiger charge is -2.10. The third-order valence-electron chi connectivity index (χ3n) is 1.83. The van der Waals surface area contributed by atoms with E-state index in [1.807, 2.05) is 20.8 Å². The summed E-state index contributed by atoms with van der Waals surface area (Å²) in [4.78, 5) is 8.54. The van der Waals surface area contributed by atoms with Gasteiger partial charge in [0.1, 0.15) is 5.03 Å². The summed E-state index contributed by atoms with van der Waals surface area (Å²) in [5.74, 6) is 0.649. The van der Waals surface area contributed by atoms with Crippen molar-refractivity contribution in [2.75, 3.05) is 18.5 Å². The normalized spacial score (nSPS) is 12.5. The molecule has 4 nitrogen and oxygen atoms in total. The zero-order valence-electron chi connectivity index (χ0n) is 9.32. The quantitative estimate of drug-likeness (QED) is 0.592. The van der Waals surface area contributed by atoms with Crippen LogP contribution >= 0.6 is 11.8 Å². The van der Waals surface area contributed by atoms with Crippen molar-refractivity contribution in [3.05, 3.63) is 11.8 Å². The molecule has 0 aliphatic heterocycles. The molecule has 0 spiro atoms. The Balaban J connectivity index is 2.80. The molecular weight excluding hydrogens is 210 g/mol. The van der Waals surface area contributed by atoms with Gasteiger partial charge in [-0.1, -0.05) is 6.92 Å². The second-order valence-electron chi connectivity index (χ2n) is 3.32. The Morgan fingerprint density at radius 1 is 1.60 bits per heavy atom. The fourth-order valence-corrected chi connectivity index (χ4v) is 1.85. The number of aliphatic hydroxyl groups excluding tert-OH is 1. The van der Waals surface area contributed by atoms with Crippen molar-refractivity contribution in [2.45, 2.75) is 31.0 Å². The largest absolute Gasteiger partial charge is 0.395 e. The highest BCUT2D eigenvalue weighted by atomic mass is 32.2. The molecule has 0 bridgehead atoms. The van der Waals surface area contributed by atoms with E-state index in [9.17, 15) is 0 Å². The predicted octanol–water partition coefficient (Wildman–Crippen LogP) is 1.69. The third-order valence-corrected chi connectivity index (χ3v) is 3.02. The lowest BCUT2D eigenvalue weighted by Crippen LogP contribution is -2.06. The second kappa shape index (κ2) is 5.92. The number of hydrogen-bond donors (Lipinski definition) is 2. The summed E-state index contributed by atoms with van der Waals surface area (Å²) in [6.45, 7) is 6.92. The van der Waals surface area contributed by atoms with E-state index in [2.05, 4.69) is 15.3 Å². The maximum absolute atomic E-state index is 8.98. The van der Waals surface area contributed by atoms with E-state index in [1.165, 1.54) is 0 Å². The van der Waals surface area contributed by atoms with Gasteiger partial charge in [-0.25, -0.2) is 9.97 Å². The highest BCUT2D eigenvalue weighted by Crippen LogP contribution is 2.24. The minimum absolute atomic E-state index is 0.157. The molecule has 0 amide bonds. The summed E-state index contributed by atoms with van der Waals surface area (Å²) in [7, 11) is 0. The molecule has 0 aliphatic carbocycles. The van der Waals surface area contributed by atoms with Crippen molar-refractivity contribution < 1.29 is 5.11 Å². The molecule has 2 N–H and O–H groups in total. The number of nitrogens with one attached hydrogen (secondary N) is 1. The Morgan fingerprint density at radius 2 is 2.33 bits per heavy atom. The first-order chi connectivity index (χ1) is 7.17. The number of nitrogens with zero attached hydrogens (tertiary/aromatic N) is 2. The fraction of sp³-hybridized carbons (Fsp3) is 0.600. The van der Waals surface area contributed by atoms with Gasteiger partial charge in [-0.15, -0.1) is 11.8 Å². The van der Waals surface area contributed by atoms with E-state index in [0.29, 0.717) is 5.95 Å². The minimum atomic E-state index is 0.157. The molecule has 1 aromatic rings. The van der Waals surface area contributed by atoms with Gasteiger partial charge in [0.15, 0.2) is 0 Å². The van der Waals surface area contributed by atoms with Crippen LogP contribution in [0.3, 0.4) is 0 Å². The first-order valence-corrected chi connectivity index (χ1v) is 5.90. The Morgan fingerprint density at radius 3 is 2.93 bits per heavy atom. The Hall–Kier alpha value is -0.810. The highest BCUT2D eigenvalue weighted by Gasteiger charge is 2.08. The van der Waals surface area contributed by atoms with Gasteiger partial charge in [0.2, 0.25) is 5.95 Å². The van der Waals surface area contributed by atoms with E-state index >= 15 is 0 Å². The Bertz CT molecular complexity index is 320. The number of hydrogen-bond acceptors (Lipinski definition) is 5. The molecule has 0 saturated carbocycles. The number of rotatable bonds is 5. The minimum Gasteiger partial charge on any atom is -0.395 e. The summed E-state index contributed by atoms with van der Waals surface area (Å²) in [6.07, 6.45) is 1.80. The van der Waals surface area contributed by atoms with Crippen LogP contribution in [0, 0.1) is 6.92 Å². The van der Waals surface area contributed by atoms with Crippen LogP contribution in [-0.4, -0.2) is 33.5 Å². The van der Waals surface area contributed by atoms with Crippen molar-refractivity contribution in [2.24, 2.45) is 0 Å². The van der Waals surface area contributed by atoms with Crippen molar-refractivity contribution in [1.29, 1.82) is 0 Å². The van der Waals surface area contributed by atoms with Crippen LogP contribution in [0.4, 0.5) is 5.95 Å². The molecule has 1 aromatic heterocycles. The van der Waals surface area contributed by atoms with Gasteiger partial charge in [0.25, 0.3) is 0 Å².